The monoisotopic (exact) mass is 424 g/mol. The van der Waals surface area contributed by atoms with Crippen LogP contribution in [0, 0.1) is 0 Å². The van der Waals surface area contributed by atoms with Gasteiger partial charge in [0.2, 0.25) is 5.91 Å². The fraction of sp³-hybridized carbons (Fsp3) is 0.350. The quantitative estimate of drug-likeness (QED) is 0.663. The number of hydrogen-bond donors (Lipinski definition) is 1. The van der Waals surface area contributed by atoms with E-state index in [1.165, 1.54) is 24.3 Å². The number of halogens is 1. The van der Waals surface area contributed by atoms with Gasteiger partial charge in [0, 0.05) is 11.1 Å². The third kappa shape index (κ3) is 5.39. The van der Waals surface area contributed by atoms with Gasteiger partial charge in [0.15, 0.2) is 0 Å². The normalized spacial score (nSPS) is 12.3. The highest BCUT2D eigenvalue weighted by Crippen LogP contribution is 2.32. The molecule has 152 valence electrons. The Bertz CT molecular complexity index is 901. The topological polar surface area (TPSA) is 75.7 Å². The van der Waals surface area contributed by atoms with Crippen LogP contribution in [-0.2, 0) is 14.8 Å². The number of nitrogens with zero attached hydrogens (tertiary/aromatic N) is 1. The van der Waals surface area contributed by atoms with E-state index in [-0.39, 0.29) is 17.5 Å². The van der Waals surface area contributed by atoms with Crippen LogP contribution in [0.15, 0.2) is 53.4 Å². The summed E-state index contributed by atoms with van der Waals surface area (Å²) in [6, 6.07) is 12.5. The van der Waals surface area contributed by atoms with Crippen molar-refractivity contribution >= 4 is 33.2 Å². The number of para-hydroxylation sites is 2. The molecule has 0 fully saturated rings. The minimum absolute atomic E-state index is 0.0412. The van der Waals surface area contributed by atoms with Crippen LogP contribution in [0.3, 0.4) is 0 Å². The maximum atomic E-state index is 13.3. The van der Waals surface area contributed by atoms with Crippen LogP contribution in [0.5, 0.6) is 5.75 Å². The van der Waals surface area contributed by atoms with Gasteiger partial charge in [0.25, 0.3) is 10.0 Å². The Balaban J connectivity index is 2.50. The van der Waals surface area contributed by atoms with Crippen molar-refractivity contribution in [2.45, 2.75) is 38.1 Å². The van der Waals surface area contributed by atoms with Crippen LogP contribution < -0.4 is 14.4 Å². The Morgan fingerprint density at radius 3 is 2.39 bits per heavy atom. The molecule has 28 heavy (non-hydrogen) atoms. The van der Waals surface area contributed by atoms with Crippen LogP contribution in [-0.4, -0.2) is 33.5 Å². The van der Waals surface area contributed by atoms with Gasteiger partial charge in [0.05, 0.1) is 17.2 Å². The van der Waals surface area contributed by atoms with E-state index in [9.17, 15) is 13.2 Å². The molecule has 0 bridgehead atoms. The van der Waals surface area contributed by atoms with Crippen molar-refractivity contribution in [3.8, 4) is 5.75 Å². The Morgan fingerprint density at radius 2 is 1.79 bits per heavy atom. The smallest absolute Gasteiger partial charge is 0.264 e. The van der Waals surface area contributed by atoms with Crippen molar-refractivity contribution in [1.29, 1.82) is 0 Å². The van der Waals surface area contributed by atoms with E-state index < -0.39 is 15.9 Å². The second-order valence-electron chi connectivity index (χ2n) is 6.24. The van der Waals surface area contributed by atoms with Gasteiger partial charge >= 0.3 is 0 Å². The van der Waals surface area contributed by atoms with Crippen LogP contribution in [0.4, 0.5) is 5.69 Å². The zero-order valence-electron chi connectivity index (χ0n) is 16.2. The number of anilines is 1. The SMILES string of the molecule is CCOc1ccccc1N(CC(=O)N[C@@H](C)CC)S(=O)(=O)c1ccc(Cl)cc1. The molecule has 0 unspecified atom stereocenters. The third-order valence-corrected chi connectivity index (χ3v) is 6.17. The number of carbonyl (C=O) groups excluding carboxylic acids is 1. The highest BCUT2D eigenvalue weighted by Gasteiger charge is 2.29. The predicted molar refractivity (Wildman–Crippen MR) is 111 cm³/mol. The van der Waals surface area contributed by atoms with Gasteiger partial charge in [-0.25, -0.2) is 8.42 Å². The van der Waals surface area contributed by atoms with Gasteiger partial charge in [-0.1, -0.05) is 30.7 Å². The number of sulfonamides is 1. The summed E-state index contributed by atoms with van der Waals surface area (Å²) in [5, 5.41) is 3.23. The number of ether oxygens (including phenoxy) is 1. The van der Waals surface area contributed by atoms with E-state index in [4.69, 9.17) is 16.3 Å². The summed E-state index contributed by atoms with van der Waals surface area (Å²) < 4.78 is 33.3. The zero-order chi connectivity index (χ0) is 20.7. The maximum Gasteiger partial charge on any atom is 0.264 e. The lowest BCUT2D eigenvalue weighted by atomic mass is 10.2. The highest BCUT2D eigenvalue weighted by atomic mass is 35.5. The molecule has 6 nitrogen and oxygen atoms in total. The van der Waals surface area contributed by atoms with Crippen molar-refractivity contribution < 1.29 is 17.9 Å². The molecule has 0 aliphatic carbocycles. The molecule has 0 aromatic heterocycles. The Labute approximate surface area is 171 Å². The van der Waals surface area contributed by atoms with Gasteiger partial charge < -0.3 is 10.1 Å². The van der Waals surface area contributed by atoms with E-state index in [2.05, 4.69) is 5.32 Å². The predicted octanol–water partition coefficient (Wildman–Crippen LogP) is 3.85. The molecular weight excluding hydrogens is 400 g/mol. The summed E-state index contributed by atoms with van der Waals surface area (Å²) in [7, 11) is -4.02. The number of benzene rings is 2. The first kappa shape index (κ1) is 22.0. The molecular formula is C20H25ClN2O4S. The van der Waals surface area contributed by atoms with E-state index in [1.807, 2.05) is 20.8 Å². The molecule has 2 aromatic rings. The number of carbonyl (C=O) groups is 1. The standard InChI is InChI=1S/C20H25ClN2O4S/c1-4-15(3)22-20(24)14-23(18-8-6-7-9-19(18)27-5-2)28(25,26)17-12-10-16(21)11-13-17/h6-13,15H,4-5,14H2,1-3H3,(H,22,24)/t15-/m0/s1. The fourth-order valence-corrected chi connectivity index (χ4v) is 4.08. The molecule has 0 radical (unpaired) electrons. The molecule has 0 saturated heterocycles. The highest BCUT2D eigenvalue weighted by molar-refractivity contribution is 7.92. The molecule has 2 aromatic carbocycles. The van der Waals surface area contributed by atoms with Gasteiger partial charge in [-0.15, -0.1) is 0 Å². The molecule has 0 saturated carbocycles. The lowest BCUT2D eigenvalue weighted by Crippen LogP contribution is -2.43. The molecule has 0 spiro atoms. The first-order valence-electron chi connectivity index (χ1n) is 9.09. The summed E-state index contributed by atoms with van der Waals surface area (Å²) in [6.45, 7) is 5.62. The van der Waals surface area contributed by atoms with E-state index in [0.717, 1.165) is 10.7 Å². The number of rotatable bonds is 9. The summed E-state index contributed by atoms with van der Waals surface area (Å²) in [6.07, 6.45) is 0.741. The fourth-order valence-electron chi connectivity index (χ4n) is 2.53. The van der Waals surface area contributed by atoms with Crippen molar-refractivity contribution in [2.75, 3.05) is 17.5 Å². The van der Waals surface area contributed by atoms with Crippen LogP contribution in [0.2, 0.25) is 5.02 Å². The van der Waals surface area contributed by atoms with E-state index in [1.54, 1.807) is 24.3 Å². The molecule has 0 aliphatic heterocycles. The maximum absolute atomic E-state index is 13.3. The van der Waals surface area contributed by atoms with Crippen LogP contribution >= 0.6 is 11.6 Å². The summed E-state index contributed by atoms with van der Waals surface area (Å²) >= 11 is 5.89. The van der Waals surface area contributed by atoms with Gasteiger partial charge in [-0.2, -0.15) is 0 Å². The molecule has 0 heterocycles. The second-order valence-corrected chi connectivity index (χ2v) is 8.54. The van der Waals surface area contributed by atoms with Crippen LogP contribution in [0.25, 0.3) is 0 Å². The Kier molecular flexibility index (Phi) is 7.71. The number of amides is 1. The number of nitrogens with one attached hydrogen (secondary N) is 1. The molecule has 1 amide bonds. The average Bonchev–Trinajstić information content (AvgIpc) is 2.67. The zero-order valence-corrected chi connectivity index (χ0v) is 17.8. The Morgan fingerprint density at radius 1 is 1.14 bits per heavy atom. The van der Waals surface area contributed by atoms with E-state index >= 15 is 0 Å². The lowest BCUT2D eigenvalue weighted by molar-refractivity contribution is -0.120. The average molecular weight is 425 g/mol. The summed E-state index contributed by atoms with van der Waals surface area (Å²) in [5.74, 6) is -0.00271. The van der Waals surface area contributed by atoms with Crippen molar-refractivity contribution in [1.82, 2.24) is 5.32 Å². The van der Waals surface area contributed by atoms with Gasteiger partial charge in [-0.05, 0) is 56.7 Å². The minimum atomic E-state index is -4.02. The molecule has 1 atom stereocenters. The Hall–Kier alpha value is -2.25. The van der Waals surface area contributed by atoms with Crippen molar-refractivity contribution in [2.24, 2.45) is 0 Å². The summed E-state index contributed by atoms with van der Waals surface area (Å²) in [5.41, 5.74) is 0.304. The van der Waals surface area contributed by atoms with Crippen molar-refractivity contribution in [3.05, 3.63) is 53.6 Å². The van der Waals surface area contributed by atoms with Crippen molar-refractivity contribution in [3.63, 3.8) is 0 Å². The van der Waals surface area contributed by atoms with Crippen LogP contribution in [0.1, 0.15) is 27.2 Å². The first-order chi connectivity index (χ1) is 13.3. The second kappa shape index (κ2) is 9.80. The lowest BCUT2D eigenvalue weighted by Gasteiger charge is -2.26. The number of hydrogen-bond acceptors (Lipinski definition) is 4. The summed E-state index contributed by atoms with van der Waals surface area (Å²) in [4.78, 5) is 12.6. The van der Waals surface area contributed by atoms with Gasteiger partial charge in [-0.3, -0.25) is 9.10 Å². The first-order valence-corrected chi connectivity index (χ1v) is 10.9. The largest absolute Gasteiger partial charge is 0.492 e. The van der Waals surface area contributed by atoms with E-state index in [0.29, 0.717) is 23.1 Å². The molecule has 0 aliphatic rings. The van der Waals surface area contributed by atoms with Gasteiger partial charge in [0.1, 0.15) is 12.3 Å². The molecule has 8 heteroatoms. The minimum Gasteiger partial charge on any atom is -0.492 e. The third-order valence-electron chi connectivity index (χ3n) is 4.14. The molecule has 2 rings (SSSR count). The molecule has 1 N–H and O–H groups in total.